The first-order valence-corrected chi connectivity index (χ1v) is 7.87. The van der Waals surface area contributed by atoms with Crippen LogP contribution in [-0.4, -0.2) is 41.6 Å². The summed E-state index contributed by atoms with van der Waals surface area (Å²) >= 11 is 1.50. The van der Waals surface area contributed by atoms with Crippen LogP contribution in [0.5, 0.6) is 0 Å². The summed E-state index contributed by atoms with van der Waals surface area (Å²) in [6.45, 7) is -1.38. The first-order valence-electron chi connectivity index (χ1n) is 6.47. The summed E-state index contributed by atoms with van der Waals surface area (Å²) < 4.78 is 37.9. The van der Waals surface area contributed by atoms with E-state index < -0.39 is 24.7 Å². The topological polar surface area (TPSA) is 46.3 Å². The smallest absolute Gasteiger partial charge is 0.328 e. The second kappa shape index (κ2) is 8.29. The van der Waals surface area contributed by atoms with Gasteiger partial charge in [0.15, 0.2) is 0 Å². The number of nitrogens with two attached hydrogens (primary N) is 1. The van der Waals surface area contributed by atoms with E-state index in [9.17, 15) is 18.0 Å². The molecule has 118 valence electrons. The van der Waals surface area contributed by atoms with Crippen LogP contribution >= 0.6 is 11.8 Å². The molecule has 0 aliphatic carbocycles. The van der Waals surface area contributed by atoms with E-state index in [0.29, 0.717) is 17.7 Å². The lowest BCUT2D eigenvalue weighted by Crippen LogP contribution is -2.47. The molecule has 0 saturated carbocycles. The molecule has 3 nitrogen and oxygen atoms in total. The van der Waals surface area contributed by atoms with Crippen molar-refractivity contribution in [3.8, 4) is 0 Å². The number of nitrogens with zero attached hydrogens (tertiary/aromatic N) is 1. The first-order chi connectivity index (χ1) is 9.83. The van der Waals surface area contributed by atoms with Gasteiger partial charge in [0.05, 0.1) is 6.04 Å². The Morgan fingerprint density at radius 1 is 1.33 bits per heavy atom. The van der Waals surface area contributed by atoms with Gasteiger partial charge in [-0.1, -0.05) is 30.3 Å². The number of hydrogen-bond acceptors (Lipinski definition) is 3. The molecule has 1 atom stereocenters. The summed E-state index contributed by atoms with van der Waals surface area (Å²) in [6, 6.07) is 7.68. The standard InChI is InChI=1S/C14H19F3N2OS/c1-21-8-7-12(18)13(20)19(10-14(15,16)17)9-11-5-3-2-4-6-11/h2-6,12H,7-10,18H2,1H3/t12-/m0/s1. The molecule has 0 unspecified atom stereocenters. The van der Waals surface area contributed by atoms with Crippen molar-refractivity contribution in [3.05, 3.63) is 35.9 Å². The number of rotatable bonds is 7. The molecule has 1 rings (SSSR count). The third-order valence-corrected chi connectivity index (χ3v) is 3.49. The van der Waals surface area contributed by atoms with E-state index in [1.807, 2.05) is 6.26 Å². The molecule has 1 aromatic rings. The molecule has 1 amide bonds. The van der Waals surface area contributed by atoms with Gasteiger partial charge < -0.3 is 10.6 Å². The summed E-state index contributed by atoms with van der Waals surface area (Å²) in [4.78, 5) is 12.9. The molecule has 0 aromatic heterocycles. The highest BCUT2D eigenvalue weighted by Gasteiger charge is 2.34. The molecule has 0 bridgehead atoms. The summed E-state index contributed by atoms with van der Waals surface area (Å²) in [5.41, 5.74) is 6.35. The maximum Gasteiger partial charge on any atom is 0.406 e. The largest absolute Gasteiger partial charge is 0.406 e. The van der Waals surface area contributed by atoms with E-state index in [1.165, 1.54) is 11.8 Å². The molecular weight excluding hydrogens is 301 g/mol. The lowest BCUT2D eigenvalue weighted by Gasteiger charge is -2.26. The fourth-order valence-electron chi connectivity index (χ4n) is 1.83. The minimum Gasteiger partial charge on any atom is -0.328 e. The summed E-state index contributed by atoms with van der Waals surface area (Å²) in [7, 11) is 0. The second-order valence-electron chi connectivity index (χ2n) is 4.68. The molecule has 7 heteroatoms. The summed E-state index contributed by atoms with van der Waals surface area (Å²) in [5.74, 6) is -0.0248. The van der Waals surface area contributed by atoms with E-state index in [4.69, 9.17) is 5.73 Å². The van der Waals surface area contributed by atoms with Crippen LogP contribution < -0.4 is 5.73 Å². The van der Waals surface area contributed by atoms with E-state index in [0.717, 1.165) is 4.90 Å². The number of carbonyl (C=O) groups excluding carboxylic acids is 1. The van der Waals surface area contributed by atoms with Gasteiger partial charge in [0.2, 0.25) is 5.91 Å². The number of alkyl halides is 3. The Bertz CT molecular complexity index is 440. The van der Waals surface area contributed by atoms with E-state index in [1.54, 1.807) is 30.3 Å². The number of carbonyl (C=O) groups is 1. The zero-order chi connectivity index (χ0) is 15.9. The lowest BCUT2D eigenvalue weighted by molar-refractivity contribution is -0.163. The van der Waals surface area contributed by atoms with E-state index >= 15 is 0 Å². The number of thioether (sulfide) groups is 1. The van der Waals surface area contributed by atoms with Crippen molar-refractivity contribution in [1.29, 1.82) is 0 Å². The highest BCUT2D eigenvalue weighted by Crippen LogP contribution is 2.19. The molecule has 2 N–H and O–H groups in total. The normalized spacial score (nSPS) is 13.0. The van der Waals surface area contributed by atoms with E-state index in [2.05, 4.69) is 0 Å². The predicted molar refractivity (Wildman–Crippen MR) is 78.9 cm³/mol. The van der Waals surface area contributed by atoms with Crippen LogP contribution in [0.4, 0.5) is 13.2 Å². The van der Waals surface area contributed by atoms with Gasteiger partial charge in [-0.2, -0.15) is 24.9 Å². The number of amides is 1. The fourth-order valence-corrected chi connectivity index (χ4v) is 2.32. The Hall–Kier alpha value is -1.21. The van der Waals surface area contributed by atoms with Gasteiger partial charge in [-0.15, -0.1) is 0 Å². The fraction of sp³-hybridized carbons (Fsp3) is 0.500. The van der Waals surface area contributed by atoms with Crippen LogP contribution in [0, 0.1) is 0 Å². The Morgan fingerprint density at radius 3 is 2.48 bits per heavy atom. The molecular formula is C14H19F3N2OS. The van der Waals surface area contributed by atoms with Crippen LogP contribution in [0.1, 0.15) is 12.0 Å². The van der Waals surface area contributed by atoms with Crippen molar-refractivity contribution in [1.82, 2.24) is 4.90 Å². The van der Waals surface area contributed by atoms with Crippen molar-refractivity contribution in [2.45, 2.75) is 25.2 Å². The average Bonchev–Trinajstić information content (AvgIpc) is 2.43. The van der Waals surface area contributed by atoms with Crippen LogP contribution in [0.2, 0.25) is 0 Å². The Morgan fingerprint density at radius 2 is 1.95 bits per heavy atom. The van der Waals surface area contributed by atoms with Crippen molar-refractivity contribution in [3.63, 3.8) is 0 Å². The summed E-state index contributed by atoms with van der Waals surface area (Å²) in [6.07, 6.45) is -2.22. The summed E-state index contributed by atoms with van der Waals surface area (Å²) in [5, 5.41) is 0. The van der Waals surface area contributed by atoms with Crippen molar-refractivity contribution < 1.29 is 18.0 Å². The maximum atomic E-state index is 12.6. The number of halogens is 3. The molecule has 0 heterocycles. The minimum atomic E-state index is -4.44. The Kier molecular flexibility index (Phi) is 7.04. The molecule has 0 aliphatic rings. The molecule has 0 fully saturated rings. The van der Waals surface area contributed by atoms with Crippen molar-refractivity contribution in [2.75, 3.05) is 18.6 Å². The average molecular weight is 320 g/mol. The number of hydrogen-bond donors (Lipinski definition) is 1. The van der Waals surface area contributed by atoms with Gasteiger partial charge >= 0.3 is 6.18 Å². The predicted octanol–water partition coefficient (Wildman–Crippen LogP) is 2.66. The Balaban J connectivity index is 2.79. The van der Waals surface area contributed by atoms with Gasteiger partial charge in [-0.05, 0) is 24.0 Å². The molecule has 1 aromatic carbocycles. The lowest BCUT2D eigenvalue weighted by atomic mass is 10.1. The highest BCUT2D eigenvalue weighted by atomic mass is 32.2. The first kappa shape index (κ1) is 17.8. The SMILES string of the molecule is CSCC[C@H](N)C(=O)N(Cc1ccccc1)CC(F)(F)F. The zero-order valence-corrected chi connectivity index (χ0v) is 12.6. The zero-order valence-electron chi connectivity index (χ0n) is 11.8. The third kappa shape index (κ3) is 6.86. The monoisotopic (exact) mass is 320 g/mol. The van der Waals surface area contributed by atoms with Gasteiger partial charge in [-0.3, -0.25) is 4.79 Å². The maximum absolute atomic E-state index is 12.6. The van der Waals surface area contributed by atoms with Crippen LogP contribution in [-0.2, 0) is 11.3 Å². The van der Waals surface area contributed by atoms with Gasteiger partial charge in [-0.25, -0.2) is 0 Å². The molecule has 0 aliphatic heterocycles. The van der Waals surface area contributed by atoms with Gasteiger partial charge in [0, 0.05) is 6.54 Å². The van der Waals surface area contributed by atoms with Crippen molar-refractivity contribution in [2.24, 2.45) is 5.73 Å². The van der Waals surface area contributed by atoms with Crippen LogP contribution in [0.15, 0.2) is 30.3 Å². The minimum absolute atomic E-state index is 0.0911. The van der Waals surface area contributed by atoms with Crippen LogP contribution in [0.3, 0.4) is 0 Å². The molecule has 0 spiro atoms. The van der Waals surface area contributed by atoms with Crippen LogP contribution in [0.25, 0.3) is 0 Å². The molecule has 21 heavy (non-hydrogen) atoms. The molecule has 0 saturated heterocycles. The highest BCUT2D eigenvalue weighted by molar-refractivity contribution is 7.98. The molecule has 0 radical (unpaired) electrons. The van der Waals surface area contributed by atoms with Gasteiger partial charge in [0.1, 0.15) is 6.54 Å². The Labute approximate surface area is 126 Å². The van der Waals surface area contributed by atoms with E-state index in [-0.39, 0.29) is 6.54 Å². The quantitative estimate of drug-likeness (QED) is 0.840. The van der Waals surface area contributed by atoms with Gasteiger partial charge in [0.25, 0.3) is 0 Å². The third-order valence-electron chi connectivity index (χ3n) is 2.85. The van der Waals surface area contributed by atoms with Crippen molar-refractivity contribution >= 4 is 17.7 Å². The number of benzene rings is 1. The second-order valence-corrected chi connectivity index (χ2v) is 5.67.